The van der Waals surface area contributed by atoms with Crippen molar-refractivity contribution >= 4 is 22.9 Å². The van der Waals surface area contributed by atoms with E-state index in [1.165, 1.54) is 0 Å². The maximum Gasteiger partial charge on any atom is 0.303 e. The van der Waals surface area contributed by atoms with Crippen LogP contribution in [0, 0.1) is 0 Å². The quantitative estimate of drug-likeness (QED) is 0.884. The van der Waals surface area contributed by atoms with Gasteiger partial charge in [-0.3, -0.25) is 9.59 Å². The maximum atomic E-state index is 12.6. The molecule has 1 amide bonds. The lowest BCUT2D eigenvalue weighted by molar-refractivity contribution is -0.140. The number of carboxylic acids is 1. The predicted octanol–water partition coefficient (Wildman–Crippen LogP) is 2.67. The second-order valence-corrected chi connectivity index (χ2v) is 6.35. The number of likely N-dealkylation sites (tertiary alicyclic amines) is 1. The summed E-state index contributed by atoms with van der Waals surface area (Å²) in [4.78, 5) is 29.7. The number of aliphatic carboxylic acids is 1. The Morgan fingerprint density at radius 2 is 2.04 bits per heavy atom. The third-order valence-corrected chi connectivity index (χ3v) is 4.73. The molecule has 1 aliphatic rings. The van der Waals surface area contributed by atoms with Crippen LogP contribution in [0.25, 0.3) is 11.0 Å². The molecular weight excluding hydrogens is 306 g/mol. The first kappa shape index (κ1) is 16.5. The Kier molecular flexibility index (Phi) is 5.13. The fraction of sp³-hybridized carbons (Fsp3) is 0.500. The van der Waals surface area contributed by atoms with Crippen molar-refractivity contribution in [2.45, 2.75) is 51.1 Å². The van der Waals surface area contributed by atoms with Gasteiger partial charge in [0.05, 0.1) is 17.4 Å². The largest absolute Gasteiger partial charge is 0.481 e. The summed E-state index contributed by atoms with van der Waals surface area (Å²) in [7, 11) is 0. The molecule has 2 aromatic rings. The van der Waals surface area contributed by atoms with Crippen LogP contribution in [-0.2, 0) is 16.1 Å². The van der Waals surface area contributed by atoms with Crippen LogP contribution in [0.3, 0.4) is 0 Å². The van der Waals surface area contributed by atoms with E-state index in [9.17, 15) is 9.59 Å². The molecule has 1 unspecified atom stereocenters. The Morgan fingerprint density at radius 1 is 1.21 bits per heavy atom. The van der Waals surface area contributed by atoms with Gasteiger partial charge in [-0.05, 0) is 37.8 Å². The molecule has 6 heteroatoms. The number of para-hydroxylation sites is 2. The number of hydrogen-bond donors (Lipinski definition) is 1. The number of fused-ring (bicyclic) bond motifs is 1. The van der Waals surface area contributed by atoms with Crippen LogP contribution in [0.5, 0.6) is 0 Å². The van der Waals surface area contributed by atoms with E-state index in [-0.39, 0.29) is 18.4 Å². The molecule has 0 aliphatic carbocycles. The van der Waals surface area contributed by atoms with Gasteiger partial charge in [-0.15, -0.1) is 0 Å². The topological polar surface area (TPSA) is 75.4 Å². The number of carbonyl (C=O) groups is 2. The smallest absolute Gasteiger partial charge is 0.303 e. The summed E-state index contributed by atoms with van der Waals surface area (Å²) in [5, 5.41) is 8.88. The first-order valence-corrected chi connectivity index (χ1v) is 8.56. The molecule has 3 rings (SSSR count). The number of rotatable bonds is 6. The molecule has 6 nitrogen and oxygen atoms in total. The monoisotopic (exact) mass is 329 g/mol. The molecule has 0 spiro atoms. The normalized spacial score (nSPS) is 18.0. The second kappa shape index (κ2) is 7.47. The van der Waals surface area contributed by atoms with E-state index in [0.29, 0.717) is 19.4 Å². The van der Waals surface area contributed by atoms with E-state index in [1.54, 1.807) is 6.33 Å². The number of benzene rings is 1. The van der Waals surface area contributed by atoms with E-state index in [0.717, 1.165) is 36.8 Å². The SMILES string of the molecule is O=C(O)CCC1CCCCN1C(=O)CCn1cnc2ccccc21. The van der Waals surface area contributed by atoms with E-state index in [2.05, 4.69) is 4.98 Å². The first-order valence-electron chi connectivity index (χ1n) is 8.56. The predicted molar refractivity (Wildman–Crippen MR) is 90.6 cm³/mol. The molecule has 24 heavy (non-hydrogen) atoms. The summed E-state index contributed by atoms with van der Waals surface area (Å²) in [5.41, 5.74) is 1.97. The number of piperidine rings is 1. The third kappa shape index (κ3) is 3.75. The Bertz CT molecular complexity index is 725. The van der Waals surface area contributed by atoms with Gasteiger partial charge in [0, 0.05) is 32.0 Å². The number of imidazole rings is 1. The zero-order valence-corrected chi connectivity index (χ0v) is 13.7. The molecule has 0 saturated carbocycles. The summed E-state index contributed by atoms with van der Waals surface area (Å²) in [6.07, 6.45) is 5.85. The molecule has 0 radical (unpaired) electrons. The third-order valence-electron chi connectivity index (χ3n) is 4.73. The van der Waals surface area contributed by atoms with Crippen LogP contribution in [0.2, 0.25) is 0 Å². The van der Waals surface area contributed by atoms with Crippen LogP contribution >= 0.6 is 0 Å². The molecule has 1 atom stereocenters. The highest BCUT2D eigenvalue weighted by Crippen LogP contribution is 2.22. The zero-order chi connectivity index (χ0) is 16.9. The Labute approximate surface area is 141 Å². The van der Waals surface area contributed by atoms with Crippen molar-refractivity contribution in [2.75, 3.05) is 6.54 Å². The lowest BCUT2D eigenvalue weighted by atomic mass is 9.97. The van der Waals surface area contributed by atoms with E-state index >= 15 is 0 Å². The van der Waals surface area contributed by atoms with Crippen LogP contribution in [0.15, 0.2) is 30.6 Å². The zero-order valence-electron chi connectivity index (χ0n) is 13.7. The number of nitrogens with zero attached hydrogens (tertiary/aromatic N) is 3. The molecule has 1 aromatic carbocycles. The summed E-state index contributed by atoms with van der Waals surface area (Å²) >= 11 is 0. The van der Waals surface area contributed by atoms with Gasteiger partial charge in [0.25, 0.3) is 0 Å². The number of carboxylic acid groups (broad SMARTS) is 1. The maximum absolute atomic E-state index is 12.6. The summed E-state index contributed by atoms with van der Waals surface area (Å²) in [6.45, 7) is 1.34. The molecule has 2 heterocycles. The van der Waals surface area contributed by atoms with Crippen molar-refractivity contribution in [1.82, 2.24) is 14.5 Å². The lowest BCUT2D eigenvalue weighted by Crippen LogP contribution is -2.44. The second-order valence-electron chi connectivity index (χ2n) is 6.35. The average Bonchev–Trinajstić information content (AvgIpc) is 3.01. The van der Waals surface area contributed by atoms with Crippen molar-refractivity contribution < 1.29 is 14.7 Å². The number of amides is 1. The number of hydrogen-bond acceptors (Lipinski definition) is 3. The Morgan fingerprint density at radius 3 is 2.88 bits per heavy atom. The average molecular weight is 329 g/mol. The van der Waals surface area contributed by atoms with Crippen LogP contribution < -0.4 is 0 Å². The molecule has 0 bridgehead atoms. The highest BCUT2D eigenvalue weighted by Gasteiger charge is 2.26. The van der Waals surface area contributed by atoms with Gasteiger partial charge in [0.1, 0.15) is 0 Å². The Hall–Kier alpha value is -2.37. The Balaban J connectivity index is 1.61. The van der Waals surface area contributed by atoms with Crippen molar-refractivity contribution in [1.29, 1.82) is 0 Å². The molecular formula is C18H23N3O3. The fourth-order valence-electron chi connectivity index (χ4n) is 3.47. The van der Waals surface area contributed by atoms with Gasteiger partial charge in [-0.25, -0.2) is 4.98 Å². The standard InChI is InChI=1S/C18H23N3O3/c22-17(21-11-4-3-5-14(21)8-9-18(23)24)10-12-20-13-19-15-6-1-2-7-16(15)20/h1-2,6-7,13-14H,3-5,8-12H2,(H,23,24). The molecule has 1 aliphatic heterocycles. The summed E-state index contributed by atoms with van der Waals surface area (Å²) in [6, 6.07) is 7.95. The minimum Gasteiger partial charge on any atom is -0.481 e. The summed E-state index contributed by atoms with van der Waals surface area (Å²) in [5.74, 6) is -0.680. The van der Waals surface area contributed by atoms with E-state index < -0.39 is 5.97 Å². The van der Waals surface area contributed by atoms with Gasteiger partial charge in [0.15, 0.2) is 0 Å². The van der Waals surface area contributed by atoms with E-state index in [1.807, 2.05) is 33.7 Å². The molecule has 1 fully saturated rings. The molecule has 1 N–H and O–H groups in total. The van der Waals surface area contributed by atoms with Gasteiger partial charge in [0.2, 0.25) is 5.91 Å². The minimum absolute atomic E-state index is 0.0712. The van der Waals surface area contributed by atoms with Crippen LogP contribution in [0.1, 0.15) is 38.5 Å². The fourth-order valence-corrected chi connectivity index (χ4v) is 3.47. The highest BCUT2D eigenvalue weighted by molar-refractivity contribution is 5.78. The molecule has 1 aromatic heterocycles. The van der Waals surface area contributed by atoms with Gasteiger partial charge >= 0.3 is 5.97 Å². The van der Waals surface area contributed by atoms with Gasteiger partial charge < -0.3 is 14.6 Å². The van der Waals surface area contributed by atoms with Crippen molar-refractivity contribution in [2.24, 2.45) is 0 Å². The lowest BCUT2D eigenvalue weighted by Gasteiger charge is -2.35. The highest BCUT2D eigenvalue weighted by atomic mass is 16.4. The van der Waals surface area contributed by atoms with Crippen molar-refractivity contribution in [3.05, 3.63) is 30.6 Å². The van der Waals surface area contributed by atoms with Crippen molar-refractivity contribution in [3.8, 4) is 0 Å². The van der Waals surface area contributed by atoms with E-state index in [4.69, 9.17) is 5.11 Å². The molecule has 1 saturated heterocycles. The van der Waals surface area contributed by atoms with Crippen LogP contribution in [-0.4, -0.2) is 44.0 Å². The van der Waals surface area contributed by atoms with Gasteiger partial charge in [-0.1, -0.05) is 12.1 Å². The number of aromatic nitrogens is 2. The number of aryl methyl sites for hydroxylation is 1. The summed E-state index contributed by atoms with van der Waals surface area (Å²) < 4.78 is 2.00. The van der Waals surface area contributed by atoms with Crippen molar-refractivity contribution in [3.63, 3.8) is 0 Å². The number of carbonyl (C=O) groups excluding carboxylic acids is 1. The van der Waals surface area contributed by atoms with Crippen LogP contribution in [0.4, 0.5) is 0 Å². The minimum atomic E-state index is -0.794. The first-order chi connectivity index (χ1) is 11.6. The van der Waals surface area contributed by atoms with Gasteiger partial charge in [-0.2, -0.15) is 0 Å². The molecule has 128 valence electrons.